The molecule has 2 N–H and O–H groups in total. The predicted octanol–water partition coefficient (Wildman–Crippen LogP) is 0.795. The van der Waals surface area contributed by atoms with E-state index in [0.717, 1.165) is 5.56 Å². The molecular weight excluding hydrogens is 204 g/mol. The topological polar surface area (TPSA) is 70.7 Å². The van der Waals surface area contributed by atoms with Crippen LogP contribution in [0.15, 0.2) is 36.7 Å². The van der Waals surface area contributed by atoms with Crippen molar-refractivity contribution < 1.29 is 4.79 Å². The van der Waals surface area contributed by atoms with Crippen molar-refractivity contribution in [1.29, 1.82) is 0 Å². The number of carbonyl (C=O) groups excluding carboxylic acids is 1. The van der Waals surface area contributed by atoms with Crippen molar-refractivity contribution in [3.8, 4) is 11.8 Å². The van der Waals surface area contributed by atoms with Gasteiger partial charge in [-0.05, 0) is 12.1 Å². The Kier molecular flexibility index (Phi) is 2.95. The van der Waals surface area contributed by atoms with Gasteiger partial charge in [0.15, 0.2) is 0 Å². The fourth-order valence-electron chi connectivity index (χ4n) is 1.05. The van der Waals surface area contributed by atoms with E-state index < -0.39 is 5.91 Å². The highest BCUT2D eigenvalue weighted by atomic mass is 16.1. The molecule has 0 saturated heterocycles. The fourth-order valence-corrected chi connectivity index (χ4v) is 1.05. The molecule has 0 radical (unpaired) electrons. The van der Waals surface area contributed by atoms with Gasteiger partial charge in [0.25, 0.3) is 0 Å². The van der Waals surface area contributed by atoms with Crippen LogP contribution in [0.3, 0.4) is 0 Å². The molecule has 2 rings (SSSR count). The lowest BCUT2D eigenvalue weighted by Crippen LogP contribution is -2.09. The minimum absolute atomic E-state index is 0.285. The van der Waals surface area contributed by atoms with Crippen molar-refractivity contribution in [1.82, 2.24) is 15.2 Å². The number of carbonyl (C=O) groups is 1. The van der Waals surface area contributed by atoms with Gasteiger partial charge in [0.1, 0.15) is 6.33 Å². The van der Waals surface area contributed by atoms with Crippen molar-refractivity contribution in [2.45, 2.75) is 0 Å². The summed E-state index contributed by atoms with van der Waals surface area (Å²) >= 11 is 0. The van der Waals surface area contributed by atoms with E-state index in [2.05, 4.69) is 32.3 Å². The monoisotopic (exact) mass is 212 g/mol. The fraction of sp³-hybridized carbons (Fsp3) is 0. The molecule has 0 saturated carbocycles. The first kappa shape index (κ1) is 9.93. The third-order valence-corrected chi connectivity index (χ3v) is 1.74. The van der Waals surface area contributed by atoms with Gasteiger partial charge < -0.3 is 0 Å². The van der Waals surface area contributed by atoms with Crippen LogP contribution in [0, 0.1) is 11.8 Å². The van der Waals surface area contributed by atoms with E-state index in [0.29, 0.717) is 0 Å². The first-order valence-electron chi connectivity index (χ1n) is 4.58. The molecule has 0 fully saturated rings. The molecule has 0 bridgehead atoms. The Morgan fingerprint density at radius 3 is 2.81 bits per heavy atom. The molecule has 0 atom stereocenters. The van der Waals surface area contributed by atoms with Crippen LogP contribution in [-0.4, -0.2) is 21.1 Å². The van der Waals surface area contributed by atoms with Crippen molar-refractivity contribution in [2.24, 2.45) is 0 Å². The Balaban J connectivity index is 2.01. The third-order valence-electron chi connectivity index (χ3n) is 1.74. The Hall–Kier alpha value is -2.61. The highest BCUT2D eigenvalue weighted by Crippen LogP contribution is 1.95. The van der Waals surface area contributed by atoms with E-state index >= 15 is 0 Å². The summed E-state index contributed by atoms with van der Waals surface area (Å²) < 4.78 is 0. The van der Waals surface area contributed by atoms with Crippen molar-refractivity contribution in [3.63, 3.8) is 0 Å². The largest absolute Gasteiger partial charge is 0.302 e. The molecule has 5 nitrogen and oxygen atoms in total. The van der Waals surface area contributed by atoms with Crippen LogP contribution in [0.25, 0.3) is 0 Å². The van der Waals surface area contributed by atoms with Gasteiger partial charge in [0.05, 0.1) is 0 Å². The van der Waals surface area contributed by atoms with E-state index in [9.17, 15) is 4.79 Å². The molecular formula is C11H8N4O. The second-order valence-electron chi connectivity index (χ2n) is 2.90. The summed E-state index contributed by atoms with van der Waals surface area (Å²) in [7, 11) is 0. The van der Waals surface area contributed by atoms with Crippen molar-refractivity contribution >= 4 is 11.9 Å². The maximum absolute atomic E-state index is 11.3. The van der Waals surface area contributed by atoms with Crippen molar-refractivity contribution in [3.05, 3.63) is 42.2 Å². The van der Waals surface area contributed by atoms with Gasteiger partial charge in [-0.25, -0.2) is 5.10 Å². The maximum Gasteiger partial charge on any atom is 0.302 e. The van der Waals surface area contributed by atoms with Gasteiger partial charge in [0.2, 0.25) is 5.95 Å². The number of nitrogens with zero attached hydrogens (tertiary/aromatic N) is 2. The van der Waals surface area contributed by atoms with E-state index in [1.165, 1.54) is 6.33 Å². The molecule has 2 aromatic rings. The van der Waals surface area contributed by atoms with E-state index in [-0.39, 0.29) is 5.95 Å². The summed E-state index contributed by atoms with van der Waals surface area (Å²) in [6.45, 7) is 0. The second-order valence-corrected chi connectivity index (χ2v) is 2.90. The first-order valence-corrected chi connectivity index (χ1v) is 4.58. The van der Waals surface area contributed by atoms with Crippen LogP contribution in [0.1, 0.15) is 5.56 Å². The van der Waals surface area contributed by atoms with Crippen LogP contribution >= 0.6 is 0 Å². The normalized spacial score (nSPS) is 9.00. The Morgan fingerprint density at radius 2 is 2.12 bits per heavy atom. The number of aromatic nitrogens is 3. The molecule has 78 valence electrons. The Bertz CT molecular complexity index is 522. The zero-order valence-corrected chi connectivity index (χ0v) is 8.27. The quantitative estimate of drug-likeness (QED) is 0.687. The van der Waals surface area contributed by atoms with Crippen LogP contribution in [0.4, 0.5) is 5.95 Å². The molecule has 5 heteroatoms. The minimum Gasteiger partial charge on any atom is -0.284 e. The zero-order chi connectivity index (χ0) is 11.2. The average molecular weight is 212 g/mol. The summed E-state index contributed by atoms with van der Waals surface area (Å²) in [5, 5.41) is 8.55. The standard InChI is InChI=1S/C11H8N4O/c16-10(14-11-12-8-13-15-11)7-6-9-4-2-1-3-5-9/h1-5,8H,(H2,12,13,14,15,16). The molecule has 0 spiro atoms. The Morgan fingerprint density at radius 1 is 1.31 bits per heavy atom. The maximum atomic E-state index is 11.3. The number of hydrogen-bond acceptors (Lipinski definition) is 3. The molecule has 0 aliphatic heterocycles. The van der Waals surface area contributed by atoms with E-state index in [1.54, 1.807) is 0 Å². The minimum atomic E-state index is -0.430. The number of anilines is 1. The summed E-state index contributed by atoms with van der Waals surface area (Å²) in [6, 6.07) is 9.26. The molecule has 1 aromatic heterocycles. The molecule has 1 aromatic carbocycles. The molecule has 16 heavy (non-hydrogen) atoms. The van der Waals surface area contributed by atoms with E-state index in [1.807, 2.05) is 30.3 Å². The molecule has 0 unspecified atom stereocenters. The molecule has 1 amide bonds. The Labute approximate surface area is 91.9 Å². The highest BCUT2D eigenvalue weighted by Gasteiger charge is 1.98. The van der Waals surface area contributed by atoms with Crippen LogP contribution < -0.4 is 5.32 Å². The number of hydrogen-bond donors (Lipinski definition) is 2. The van der Waals surface area contributed by atoms with Gasteiger partial charge >= 0.3 is 5.91 Å². The molecule has 1 heterocycles. The lowest BCUT2D eigenvalue weighted by molar-refractivity contribution is -0.111. The smallest absolute Gasteiger partial charge is 0.284 e. The predicted molar refractivity (Wildman–Crippen MR) is 58.3 cm³/mol. The van der Waals surface area contributed by atoms with E-state index in [4.69, 9.17) is 0 Å². The van der Waals surface area contributed by atoms with Gasteiger partial charge in [0, 0.05) is 11.5 Å². The number of benzene rings is 1. The SMILES string of the molecule is O=C(C#Cc1ccccc1)Nc1ncn[nH]1. The summed E-state index contributed by atoms with van der Waals surface area (Å²) in [5.74, 6) is 5.04. The van der Waals surface area contributed by atoms with Crippen molar-refractivity contribution in [2.75, 3.05) is 5.32 Å². The third kappa shape index (κ3) is 2.69. The highest BCUT2D eigenvalue weighted by molar-refractivity contribution is 6.03. The van der Waals surface area contributed by atoms with Crippen LogP contribution in [-0.2, 0) is 4.79 Å². The lowest BCUT2D eigenvalue weighted by Gasteiger charge is -1.91. The van der Waals surface area contributed by atoms with Gasteiger partial charge in [-0.15, -0.1) is 0 Å². The number of aromatic amines is 1. The van der Waals surface area contributed by atoms with Gasteiger partial charge in [-0.2, -0.15) is 10.1 Å². The van der Waals surface area contributed by atoms with Gasteiger partial charge in [-0.3, -0.25) is 10.1 Å². The summed E-state index contributed by atoms with van der Waals surface area (Å²) in [5.41, 5.74) is 0.787. The lowest BCUT2D eigenvalue weighted by atomic mass is 10.2. The number of rotatable bonds is 1. The van der Waals surface area contributed by atoms with Crippen LogP contribution in [0.2, 0.25) is 0 Å². The number of H-pyrrole nitrogens is 1. The summed E-state index contributed by atoms with van der Waals surface area (Å²) in [4.78, 5) is 15.1. The second kappa shape index (κ2) is 4.75. The summed E-state index contributed by atoms with van der Waals surface area (Å²) in [6.07, 6.45) is 1.31. The molecule has 0 aliphatic carbocycles. The average Bonchev–Trinajstić information content (AvgIpc) is 2.81. The number of nitrogens with one attached hydrogen (secondary N) is 2. The van der Waals surface area contributed by atoms with Crippen LogP contribution in [0.5, 0.6) is 0 Å². The number of amides is 1. The van der Waals surface area contributed by atoms with Gasteiger partial charge in [-0.1, -0.05) is 24.1 Å². The molecule has 0 aliphatic rings. The zero-order valence-electron chi connectivity index (χ0n) is 8.27. The first-order chi connectivity index (χ1) is 7.84.